The number of nitrogens with one attached hydrogen (secondary N) is 2. The minimum absolute atomic E-state index is 0.324. The van der Waals surface area contributed by atoms with Gasteiger partial charge in [-0.15, -0.1) is 0 Å². The summed E-state index contributed by atoms with van der Waals surface area (Å²) in [6, 6.07) is 9.77. The van der Waals surface area contributed by atoms with Gasteiger partial charge in [0.2, 0.25) is 0 Å². The summed E-state index contributed by atoms with van der Waals surface area (Å²) in [5, 5.41) is 7.26. The lowest BCUT2D eigenvalue weighted by molar-refractivity contribution is 0.0170. The van der Waals surface area contributed by atoms with Gasteiger partial charge in [-0.1, -0.05) is 36.8 Å². The van der Waals surface area contributed by atoms with Crippen molar-refractivity contribution in [3.63, 3.8) is 0 Å². The fourth-order valence-electron chi connectivity index (χ4n) is 4.33. The van der Waals surface area contributed by atoms with Crippen LogP contribution in [0.25, 0.3) is 0 Å². The van der Waals surface area contributed by atoms with Crippen LogP contribution < -0.4 is 10.6 Å². The van der Waals surface area contributed by atoms with E-state index in [1.54, 1.807) is 0 Å². The molecule has 2 aliphatic heterocycles. The molecule has 2 heterocycles. The quantitative estimate of drug-likeness (QED) is 0.543. The van der Waals surface area contributed by atoms with Crippen LogP contribution in [0.2, 0.25) is 0 Å². The Morgan fingerprint density at radius 1 is 1.14 bits per heavy atom. The van der Waals surface area contributed by atoms with Gasteiger partial charge in [0.05, 0.1) is 19.3 Å². The summed E-state index contributed by atoms with van der Waals surface area (Å²) in [5.41, 5.74) is 2.66. The van der Waals surface area contributed by atoms with Gasteiger partial charge in [-0.25, -0.2) is 0 Å². The fourth-order valence-corrected chi connectivity index (χ4v) is 4.33. The van der Waals surface area contributed by atoms with E-state index in [1.165, 1.54) is 50.0 Å². The second-order valence-corrected chi connectivity index (χ2v) is 8.29. The molecule has 0 bridgehead atoms. The number of likely N-dealkylation sites (tertiary alicyclic amines) is 1. The molecule has 0 aliphatic carbocycles. The number of piperidine rings is 1. The van der Waals surface area contributed by atoms with Crippen LogP contribution in [0.4, 0.5) is 0 Å². The van der Waals surface area contributed by atoms with Crippen LogP contribution in [0, 0.1) is 6.92 Å². The Morgan fingerprint density at radius 2 is 1.83 bits per heavy atom. The third kappa shape index (κ3) is 6.69. The summed E-state index contributed by atoms with van der Waals surface area (Å²) in [6.07, 6.45) is 3.61. The zero-order valence-electron chi connectivity index (χ0n) is 18.5. The van der Waals surface area contributed by atoms with E-state index in [0.29, 0.717) is 12.1 Å². The van der Waals surface area contributed by atoms with Gasteiger partial charge >= 0.3 is 0 Å². The van der Waals surface area contributed by atoms with E-state index in [2.05, 4.69) is 63.5 Å². The lowest BCUT2D eigenvalue weighted by atomic mass is 10.0. The maximum absolute atomic E-state index is 5.58. The van der Waals surface area contributed by atoms with Crippen molar-refractivity contribution < 1.29 is 4.74 Å². The zero-order valence-corrected chi connectivity index (χ0v) is 18.5. The van der Waals surface area contributed by atoms with Crippen molar-refractivity contribution >= 4 is 5.96 Å². The van der Waals surface area contributed by atoms with E-state index in [0.717, 1.165) is 38.8 Å². The molecule has 0 amide bonds. The standard InChI is InChI=1S/C23H39N5O/c1-4-11-27-12-9-21(10-13-27)26-23(24-3)25-18-22(28-14-16-29-17-15-28)20-7-5-19(2)6-8-20/h5-8,21-22H,4,9-18H2,1-3H3,(H2,24,25,26). The molecule has 0 aromatic heterocycles. The maximum Gasteiger partial charge on any atom is 0.191 e. The van der Waals surface area contributed by atoms with Crippen molar-refractivity contribution in [2.75, 3.05) is 59.5 Å². The Balaban J connectivity index is 1.56. The summed E-state index contributed by atoms with van der Waals surface area (Å²) in [4.78, 5) is 9.60. The van der Waals surface area contributed by atoms with E-state index in [1.807, 2.05) is 7.05 Å². The molecule has 0 spiro atoms. The molecular weight excluding hydrogens is 362 g/mol. The molecule has 1 unspecified atom stereocenters. The van der Waals surface area contributed by atoms with Crippen LogP contribution in [0.3, 0.4) is 0 Å². The molecule has 162 valence electrons. The average molecular weight is 402 g/mol. The van der Waals surface area contributed by atoms with Crippen LogP contribution in [0.1, 0.15) is 43.4 Å². The van der Waals surface area contributed by atoms with Crippen LogP contribution in [-0.2, 0) is 4.74 Å². The number of aliphatic imine (C=N–C) groups is 1. The monoisotopic (exact) mass is 401 g/mol. The second kappa shape index (κ2) is 11.5. The highest BCUT2D eigenvalue weighted by Crippen LogP contribution is 2.22. The number of aryl methyl sites for hydroxylation is 1. The zero-order chi connectivity index (χ0) is 20.5. The number of morpholine rings is 1. The molecule has 2 saturated heterocycles. The van der Waals surface area contributed by atoms with Gasteiger partial charge in [0.25, 0.3) is 0 Å². The lowest BCUT2D eigenvalue weighted by Gasteiger charge is -2.36. The van der Waals surface area contributed by atoms with E-state index >= 15 is 0 Å². The predicted molar refractivity (Wildman–Crippen MR) is 121 cm³/mol. The highest BCUT2D eigenvalue weighted by molar-refractivity contribution is 5.80. The Kier molecular flexibility index (Phi) is 8.77. The van der Waals surface area contributed by atoms with Crippen molar-refractivity contribution in [2.24, 2.45) is 4.99 Å². The highest BCUT2D eigenvalue weighted by atomic mass is 16.5. The van der Waals surface area contributed by atoms with Gasteiger partial charge in [-0.2, -0.15) is 0 Å². The molecule has 2 N–H and O–H groups in total. The predicted octanol–water partition coefficient (Wildman–Crippen LogP) is 2.41. The van der Waals surface area contributed by atoms with E-state index in [9.17, 15) is 0 Å². The molecule has 2 fully saturated rings. The summed E-state index contributed by atoms with van der Waals surface area (Å²) in [5.74, 6) is 0.921. The van der Waals surface area contributed by atoms with Gasteiger partial charge in [-0.3, -0.25) is 9.89 Å². The van der Waals surface area contributed by atoms with Crippen LogP contribution >= 0.6 is 0 Å². The van der Waals surface area contributed by atoms with Crippen molar-refractivity contribution in [2.45, 2.75) is 45.2 Å². The van der Waals surface area contributed by atoms with Crippen molar-refractivity contribution in [3.8, 4) is 0 Å². The topological polar surface area (TPSA) is 52.1 Å². The second-order valence-electron chi connectivity index (χ2n) is 8.29. The first-order valence-electron chi connectivity index (χ1n) is 11.3. The first kappa shape index (κ1) is 22.1. The lowest BCUT2D eigenvalue weighted by Crippen LogP contribution is -2.51. The molecule has 1 atom stereocenters. The Labute approximate surface area is 176 Å². The Bertz CT molecular complexity index is 619. The smallest absolute Gasteiger partial charge is 0.191 e. The van der Waals surface area contributed by atoms with E-state index in [4.69, 9.17) is 4.74 Å². The van der Waals surface area contributed by atoms with Gasteiger partial charge in [0.1, 0.15) is 0 Å². The molecule has 29 heavy (non-hydrogen) atoms. The number of hydrogen-bond acceptors (Lipinski definition) is 4. The van der Waals surface area contributed by atoms with E-state index < -0.39 is 0 Å². The summed E-state index contributed by atoms with van der Waals surface area (Å²) >= 11 is 0. The molecule has 3 rings (SSSR count). The number of guanidine groups is 1. The van der Waals surface area contributed by atoms with Gasteiger partial charge < -0.3 is 20.3 Å². The minimum atomic E-state index is 0.324. The Morgan fingerprint density at radius 3 is 2.45 bits per heavy atom. The van der Waals surface area contributed by atoms with Crippen molar-refractivity contribution in [1.29, 1.82) is 0 Å². The molecule has 0 saturated carbocycles. The van der Waals surface area contributed by atoms with Crippen molar-refractivity contribution in [1.82, 2.24) is 20.4 Å². The number of nitrogens with zero attached hydrogens (tertiary/aromatic N) is 3. The number of hydrogen-bond donors (Lipinski definition) is 2. The van der Waals surface area contributed by atoms with Gasteiger partial charge in [-0.05, 0) is 38.3 Å². The SMILES string of the molecule is CCCN1CCC(NC(=NC)NCC(c2ccc(C)cc2)N2CCOCC2)CC1. The highest BCUT2D eigenvalue weighted by Gasteiger charge is 2.24. The third-order valence-corrected chi connectivity index (χ3v) is 6.10. The number of benzene rings is 1. The van der Waals surface area contributed by atoms with Crippen molar-refractivity contribution in [3.05, 3.63) is 35.4 Å². The first-order valence-corrected chi connectivity index (χ1v) is 11.3. The molecule has 0 radical (unpaired) electrons. The van der Waals surface area contributed by atoms with Gasteiger partial charge in [0, 0.05) is 45.8 Å². The van der Waals surface area contributed by atoms with Crippen LogP contribution in [0.5, 0.6) is 0 Å². The maximum atomic E-state index is 5.58. The van der Waals surface area contributed by atoms with Crippen LogP contribution in [0.15, 0.2) is 29.3 Å². The minimum Gasteiger partial charge on any atom is -0.379 e. The van der Waals surface area contributed by atoms with E-state index in [-0.39, 0.29) is 0 Å². The molecule has 2 aliphatic rings. The number of ether oxygens (including phenoxy) is 1. The molecule has 6 nitrogen and oxygen atoms in total. The average Bonchev–Trinajstić information content (AvgIpc) is 2.76. The summed E-state index contributed by atoms with van der Waals surface area (Å²) in [7, 11) is 1.87. The van der Waals surface area contributed by atoms with Crippen LogP contribution in [-0.4, -0.2) is 81.3 Å². The third-order valence-electron chi connectivity index (χ3n) is 6.10. The molecule has 1 aromatic rings. The Hall–Kier alpha value is -1.63. The first-order chi connectivity index (χ1) is 14.2. The molecule has 1 aromatic carbocycles. The van der Waals surface area contributed by atoms with Gasteiger partial charge in [0.15, 0.2) is 5.96 Å². The largest absolute Gasteiger partial charge is 0.379 e. The normalized spacial score (nSPS) is 21.1. The summed E-state index contributed by atoms with van der Waals surface area (Å²) < 4.78 is 5.58. The fraction of sp³-hybridized carbons (Fsp3) is 0.696. The number of rotatable bonds is 7. The molecule has 6 heteroatoms. The molecular formula is C23H39N5O. The summed E-state index contributed by atoms with van der Waals surface area (Å²) in [6.45, 7) is 12.4.